The number of hydrogen-bond acceptors (Lipinski definition) is 4. The third-order valence-corrected chi connectivity index (χ3v) is 3.09. The first kappa shape index (κ1) is 16.3. The average Bonchev–Trinajstić information content (AvgIpc) is 2.41. The number of nitrogens with zero attached hydrogens (tertiary/aromatic N) is 2. The fourth-order valence-corrected chi connectivity index (χ4v) is 1.94. The molecule has 0 spiro atoms. The predicted octanol–water partition coefficient (Wildman–Crippen LogP) is 2.34. The summed E-state index contributed by atoms with van der Waals surface area (Å²) in [6.45, 7) is 5.25. The van der Waals surface area contributed by atoms with Gasteiger partial charge in [-0.25, -0.2) is 0 Å². The number of nitrogens with two attached hydrogens (primary N) is 1. The highest BCUT2D eigenvalue weighted by molar-refractivity contribution is 6.31. The summed E-state index contributed by atoms with van der Waals surface area (Å²) in [4.78, 5) is 13.9. The number of rotatable bonds is 6. The molecule has 3 N–H and O–H groups in total. The Morgan fingerprint density at radius 3 is 2.90 bits per heavy atom. The van der Waals surface area contributed by atoms with Crippen molar-refractivity contribution in [2.75, 3.05) is 30.7 Å². The monoisotopic (exact) mass is 294 g/mol. The third-order valence-electron chi connectivity index (χ3n) is 2.86. The van der Waals surface area contributed by atoms with Gasteiger partial charge in [0.15, 0.2) is 0 Å². The van der Waals surface area contributed by atoms with Crippen LogP contribution in [0.25, 0.3) is 0 Å². The third kappa shape index (κ3) is 5.08. The Morgan fingerprint density at radius 2 is 2.30 bits per heavy atom. The molecule has 0 aliphatic carbocycles. The summed E-state index contributed by atoms with van der Waals surface area (Å²) in [6.07, 6.45) is 0. The predicted molar refractivity (Wildman–Crippen MR) is 81.4 cm³/mol. The smallest absolute Gasteiger partial charge is 0.238 e. The van der Waals surface area contributed by atoms with E-state index in [0.29, 0.717) is 29.5 Å². The number of amides is 1. The van der Waals surface area contributed by atoms with Crippen molar-refractivity contribution in [2.45, 2.75) is 13.8 Å². The topological polar surface area (TPSA) is 82.2 Å². The molecule has 1 atom stereocenters. The Labute approximate surface area is 124 Å². The van der Waals surface area contributed by atoms with Gasteiger partial charge in [-0.1, -0.05) is 18.5 Å². The molecule has 1 aromatic carbocycles. The molecule has 1 amide bonds. The number of carbonyl (C=O) groups excluding carboxylic acids is 1. The molecular formula is C14H19ClN4O. The van der Waals surface area contributed by atoms with Gasteiger partial charge in [-0.3, -0.25) is 9.69 Å². The van der Waals surface area contributed by atoms with Crippen LogP contribution in [-0.2, 0) is 4.79 Å². The molecule has 0 aliphatic rings. The van der Waals surface area contributed by atoms with Crippen LogP contribution < -0.4 is 11.1 Å². The average molecular weight is 295 g/mol. The second kappa shape index (κ2) is 7.73. The van der Waals surface area contributed by atoms with Crippen molar-refractivity contribution in [3.05, 3.63) is 23.2 Å². The molecule has 0 aromatic heterocycles. The number of nitriles is 1. The fourth-order valence-electron chi connectivity index (χ4n) is 1.76. The van der Waals surface area contributed by atoms with Gasteiger partial charge in [0.1, 0.15) is 0 Å². The van der Waals surface area contributed by atoms with Crippen molar-refractivity contribution in [3.63, 3.8) is 0 Å². The summed E-state index contributed by atoms with van der Waals surface area (Å²) in [5, 5.41) is 12.1. The number of benzene rings is 1. The van der Waals surface area contributed by atoms with Crippen LogP contribution in [0.5, 0.6) is 0 Å². The minimum absolute atomic E-state index is 0.112. The molecule has 0 aliphatic heterocycles. The Morgan fingerprint density at radius 1 is 1.60 bits per heavy atom. The van der Waals surface area contributed by atoms with Gasteiger partial charge in [-0.05, 0) is 31.7 Å². The Bertz CT molecular complexity index is 512. The summed E-state index contributed by atoms with van der Waals surface area (Å²) in [5.41, 5.74) is 6.75. The fraction of sp³-hybridized carbons (Fsp3) is 0.429. The lowest BCUT2D eigenvalue weighted by Crippen LogP contribution is -2.35. The van der Waals surface area contributed by atoms with Gasteiger partial charge in [-0.2, -0.15) is 5.26 Å². The van der Waals surface area contributed by atoms with E-state index in [0.717, 1.165) is 0 Å². The highest BCUT2D eigenvalue weighted by Crippen LogP contribution is 2.22. The number of anilines is 2. The zero-order valence-corrected chi connectivity index (χ0v) is 12.4. The first-order valence-electron chi connectivity index (χ1n) is 6.43. The Hall–Kier alpha value is -1.77. The van der Waals surface area contributed by atoms with Gasteiger partial charge in [0.25, 0.3) is 0 Å². The summed E-state index contributed by atoms with van der Waals surface area (Å²) in [6, 6.07) is 7.08. The van der Waals surface area contributed by atoms with Gasteiger partial charge in [-0.15, -0.1) is 0 Å². The first-order chi connectivity index (χ1) is 9.46. The van der Waals surface area contributed by atoms with Crippen molar-refractivity contribution in [1.82, 2.24) is 4.90 Å². The van der Waals surface area contributed by atoms with Gasteiger partial charge in [0, 0.05) is 11.6 Å². The van der Waals surface area contributed by atoms with Crippen molar-refractivity contribution in [3.8, 4) is 6.07 Å². The molecule has 0 fully saturated rings. The van der Waals surface area contributed by atoms with Crippen LogP contribution >= 0.6 is 11.6 Å². The SMILES string of the molecule is CCN(CC(=O)Nc1cc(Cl)ccc1N)CC(C)C#N. The van der Waals surface area contributed by atoms with Crippen LogP contribution in [0, 0.1) is 17.2 Å². The molecule has 1 rings (SSSR count). The van der Waals surface area contributed by atoms with Gasteiger partial charge in [0.2, 0.25) is 5.91 Å². The zero-order valence-electron chi connectivity index (χ0n) is 11.7. The van der Waals surface area contributed by atoms with Crippen LogP contribution in [0.1, 0.15) is 13.8 Å². The molecular weight excluding hydrogens is 276 g/mol. The number of likely N-dealkylation sites (N-methyl/N-ethyl adjacent to an activating group) is 1. The molecule has 6 heteroatoms. The summed E-state index contributed by atoms with van der Waals surface area (Å²) in [7, 11) is 0. The highest BCUT2D eigenvalue weighted by atomic mass is 35.5. The highest BCUT2D eigenvalue weighted by Gasteiger charge is 2.13. The number of carbonyl (C=O) groups is 1. The van der Waals surface area contributed by atoms with Crippen molar-refractivity contribution < 1.29 is 4.79 Å². The lowest BCUT2D eigenvalue weighted by molar-refractivity contribution is -0.117. The second-order valence-corrected chi connectivity index (χ2v) is 5.07. The normalized spacial score (nSPS) is 11.9. The van der Waals surface area contributed by atoms with E-state index >= 15 is 0 Å². The van der Waals surface area contributed by atoms with E-state index in [1.54, 1.807) is 18.2 Å². The first-order valence-corrected chi connectivity index (χ1v) is 6.81. The standard InChI is InChI=1S/C14H19ClN4O/c1-3-19(8-10(2)7-16)9-14(20)18-13-6-11(15)4-5-12(13)17/h4-6,10H,3,8-9,17H2,1-2H3,(H,18,20). The maximum absolute atomic E-state index is 12.0. The van der Waals surface area contributed by atoms with E-state index in [4.69, 9.17) is 22.6 Å². The zero-order chi connectivity index (χ0) is 15.1. The molecule has 0 bridgehead atoms. The van der Waals surface area contributed by atoms with Crippen LogP contribution in [0.2, 0.25) is 5.02 Å². The number of hydrogen-bond donors (Lipinski definition) is 2. The maximum Gasteiger partial charge on any atom is 0.238 e. The lowest BCUT2D eigenvalue weighted by Gasteiger charge is -2.21. The molecule has 1 aromatic rings. The molecule has 0 saturated carbocycles. The largest absolute Gasteiger partial charge is 0.397 e. The number of halogens is 1. The van der Waals surface area contributed by atoms with E-state index in [1.165, 1.54) is 0 Å². The Balaban J connectivity index is 2.62. The summed E-state index contributed by atoms with van der Waals surface area (Å²) >= 11 is 5.87. The van der Waals surface area contributed by atoms with Crippen LogP contribution in [-0.4, -0.2) is 30.4 Å². The molecule has 20 heavy (non-hydrogen) atoms. The molecule has 1 unspecified atom stereocenters. The minimum Gasteiger partial charge on any atom is -0.397 e. The van der Waals surface area contributed by atoms with Gasteiger partial charge >= 0.3 is 0 Å². The van der Waals surface area contributed by atoms with E-state index in [1.807, 2.05) is 18.7 Å². The van der Waals surface area contributed by atoms with Gasteiger partial charge < -0.3 is 11.1 Å². The van der Waals surface area contributed by atoms with Crippen LogP contribution in [0.15, 0.2) is 18.2 Å². The van der Waals surface area contributed by atoms with Crippen molar-refractivity contribution in [1.29, 1.82) is 5.26 Å². The molecule has 0 radical (unpaired) electrons. The van der Waals surface area contributed by atoms with Crippen molar-refractivity contribution >= 4 is 28.9 Å². The van der Waals surface area contributed by atoms with Crippen LogP contribution in [0.3, 0.4) is 0 Å². The van der Waals surface area contributed by atoms with Gasteiger partial charge in [0.05, 0.1) is 29.9 Å². The lowest BCUT2D eigenvalue weighted by atomic mass is 10.2. The van der Waals surface area contributed by atoms with Crippen LogP contribution in [0.4, 0.5) is 11.4 Å². The van der Waals surface area contributed by atoms with E-state index in [2.05, 4.69) is 11.4 Å². The Kier molecular flexibility index (Phi) is 6.29. The summed E-state index contributed by atoms with van der Waals surface area (Å²) < 4.78 is 0. The second-order valence-electron chi connectivity index (χ2n) is 4.64. The van der Waals surface area contributed by atoms with E-state index in [9.17, 15) is 4.79 Å². The maximum atomic E-state index is 12.0. The van der Waals surface area contributed by atoms with E-state index < -0.39 is 0 Å². The quantitative estimate of drug-likeness (QED) is 0.789. The minimum atomic E-state index is -0.175. The number of nitrogens with one attached hydrogen (secondary N) is 1. The molecule has 0 saturated heterocycles. The molecule has 108 valence electrons. The van der Waals surface area contributed by atoms with E-state index in [-0.39, 0.29) is 18.4 Å². The summed E-state index contributed by atoms with van der Waals surface area (Å²) in [5.74, 6) is -0.287. The molecule has 0 heterocycles. The molecule has 5 nitrogen and oxygen atoms in total. The van der Waals surface area contributed by atoms with Crippen molar-refractivity contribution in [2.24, 2.45) is 5.92 Å². The number of nitrogen functional groups attached to an aromatic ring is 1.